The summed E-state index contributed by atoms with van der Waals surface area (Å²) in [7, 11) is 0. The molecule has 1 fully saturated rings. The number of rotatable bonds is 4. The van der Waals surface area contributed by atoms with Crippen LogP contribution in [0.5, 0.6) is 0 Å². The highest BCUT2D eigenvalue weighted by Crippen LogP contribution is 2.26. The van der Waals surface area contributed by atoms with Crippen molar-refractivity contribution in [3.05, 3.63) is 33.9 Å². The molecule has 112 valence electrons. The number of piperazine rings is 1. The van der Waals surface area contributed by atoms with Crippen LogP contribution in [-0.2, 0) is 16.1 Å². The third-order valence-electron chi connectivity index (χ3n) is 3.48. The van der Waals surface area contributed by atoms with Crippen LogP contribution in [0.4, 0.5) is 11.4 Å². The minimum absolute atomic E-state index is 0.0619. The number of nitrogen functional groups attached to an aromatic ring is 1. The lowest BCUT2D eigenvalue weighted by Crippen LogP contribution is -2.57. The highest BCUT2D eigenvalue weighted by molar-refractivity contribution is 6.01. The first kappa shape index (κ1) is 14.9. The molecule has 0 bridgehead atoms. The van der Waals surface area contributed by atoms with Crippen LogP contribution in [0.2, 0.25) is 0 Å². The SMILES string of the molecule is CCC1C(=O)NC(=O)CN1Cc1cccc([N+](=O)[O-])c1N. The Kier molecular flexibility index (Phi) is 4.18. The molecule has 0 spiro atoms. The minimum atomic E-state index is -0.551. The Morgan fingerprint density at radius 3 is 2.81 bits per heavy atom. The Balaban J connectivity index is 2.28. The molecule has 1 aliphatic heterocycles. The molecule has 1 heterocycles. The molecular weight excluding hydrogens is 276 g/mol. The normalized spacial score (nSPS) is 19.4. The van der Waals surface area contributed by atoms with Crippen LogP contribution in [0.25, 0.3) is 0 Å². The highest BCUT2D eigenvalue weighted by Gasteiger charge is 2.32. The molecule has 1 aromatic carbocycles. The number of amides is 2. The molecule has 1 aromatic rings. The van der Waals surface area contributed by atoms with Gasteiger partial charge in [0.25, 0.3) is 5.69 Å². The second-order valence-electron chi connectivity index (χ2n) is 4.85. The maximum absolute atomic E-state index is 11.8. The second kappa shape index (κ2) is 5.88. The topological polar surface area (TPSA) is 119 Å². The molecule has 0 aromatic heterocycles. The quantitative estimate of drug-likeness (QED) is 0.359. The van der Waals surface area contributed by atoms with Crippen LogP contribution >= 0.6 is 0 Å². The van der Waals surface area contributed by atoms with Gasteiger partial charge in [-0.05, 0) is 12.0 Å². The van der Waals surface area contributed by atoms with E-state index in [-0.39, 0.29) is 36.3 Å². The fourth-order valence-electron chi connectivity index (χ4n) is 2.45. The highest BCUT2D eigenvalue weighted by atomic mass is 16.6. The number of carbonyl (C=O) groups excluding carboxylic acids is 2. The number of hydrogen-bond donors (Lipinski definition) is 2. The largest absolute Gasteiger partial charge is 0.393 e. The number of nitrogens with one attached hydrogen (secondary N) is 1. The predicted octanol–water partition coefficient (Wildman–Crippen LogP) is 0.414. The van der Waals surface area contributed by atoms with Gasteiger partial charge in [0.15, 0.2) is 0 Å². The fourth-order valence-corrected chi connectivity index (χ4v) is 2.45. The number of para-hydroxylation sites is 1. The van der Waals surface area contributed by atoms with Crippen LogP contribution in [0.3, 0.4) is 0 Å². The molecule has 0 aliphatic carbocycles. The van der Waals surface area contributed by atoms with Crippen molar-refractivity contribution in [1.82, 2.24) is 10.2 Å². The van der Waals surface area contributed by atoms with E-state index >= 15 is 0 Å². The summed E-state index contributed by atoms with van der Waals surface area (Å²) >= 11 is 0. The maximum Gasteiger partial charge on any atom is 0.292 e. The van der Waals surface area contributed by atoms with Gasteiger partial charge in [0, 0.05) is 12.6 Å². The maximum atomic E-state index is 11.8. The lowest BCUT2D eigenvalue weighted by molar-refractivity contribution is -0.384. The summed E-state index contributed by atoms with van der Waals surface area (Å²) in [5.74, 6) is -0.730. The first-order chi connectivity index (χ1) is 9.93. The van der Waals surface area contributed by atoms with Crippen LogP contribution in [-0.4, -0.2) is 34.2 Å². The molecule has 1 aliphatic rings. The molecule has 1 saturated heterocycles. The van der Waals surface area contributed by atoms with Crippen molar-refractivity contribution in [3.8, 4) is 0 Å². The van der Waals surface area contributed by atoms with Gasteiger partial charge in [0.2, 0.25) is 11.8 Å². The van der Waals surface area contributed by atoms with Crippen LogP contribution in [0.1, 0.15) is 18.9 Å². The number of imide groups is 1. The summed E-state index contributed by atoms with van der Waals surface area (Å²) in [6.07, 6.45) is 0.536. The van der Waals surface area contributed by atoms with Gasteiger partial charge in [0.05, 0.1) is 17.5 Å². The first-order valence-corrected chi connectivity index (χ1v) is 6.53. The van der Waals surface area contributed by atoms with E-state index in [1.165, 1.54) is 12.1 Å². The van der Waals surface area contributed by atoms with E-state index in [2.05, 4.69) is 5.32 Å². The molecule has 8 heteroatoms. The summed E-state index contributed by atoms with van der Waals surface area (Å²) in [6.45, 7) is 2.11. The van der Waals surface area contributed by atoms with Gasteiger partial charge >= 0.3 is 0 Å². The number of carbonyl (C=O) groups is 2. The van der Waals surface area contributed by atoms with E-state index in [4.69, 9.17) is 5.73 Å². The predicted molar refractivity (Wildman–Crippen MR) is 75.1 cm³/mol. The number of benzene rings is 1. The number of hydrogen-bond acceptors (Lipinski definition) is 6. The van der Waals surface area contributed by atoms with Gasteiger partial charge in [-0.3, -0.25) is 29.9 Å². The Bertz CT molecular complexity index is 602. The molecule has 2 amide bonds. The third-order valence-corrected chi connectivity index (χ3v) is 3.48. The van der Waals surface area contributed by atoms with Crippen LogP contribution < -0.4 is 11.1 Å². The van der Waals surface area contributed by atoms with Crippen molar-refractivity contribution in [1.29, 1.82) is 0 Å². The van der Waals surface area contributed by atoms with Gasteiger partial charge in [-0.1, -0.05) is 19.1 Å². The molecule has 2 rings (SSSR count). The average molecular weight is 292 g/mol. The van der Waals surface area contributed by atoms with Crippen LogP contribution in [0, 0.1) is 10.1 Å². The Morgan fingerprint density at radius 2 is 2.19 bits per heavy atom. The Morgan fingerprint density at radius 1 is 1.48 bits per heavy atom. The molecule has 8 nitrogen and oxygen atoms in total. The van der Waals surface area contributed by atoms with Gasteiger partial charge in [-0.25, -0.2) is 0 Å². The summed E-state index contributed by atoms with van der Waals surface area (Å²) in [4.78, 5) is 35.3. The summed E-state index contributed by atoms with van der Waals surface area (Å²) in [5.41, 5.74) is 6.23. The van der Waals surface area contributed by atoms with E-state index in [0.717, 1.165) is 0 Å². The average Bonchev–Trinajstić information content (AvgIpc) is 2.40. The summed E-state index contributed by atoms with van der Waals surface area (Å²) in [5, 5.41) is 13.2. The zero-order chi connectivity index (χ0) is 15.6. The first-order valence-electron chi connectivity index (χ1n) is 6.53. The van der Waals surface area contributed by atoms with E-state index in [9.17, 15) is 19.7 Å². The number of anilines is 1. The van der Waals surface area contributed by atoms with E-state index in [0.29, 0.717) is 12.0 Å². The van der Waals surface area contributed by atoms with E-state index in [1.807, 2.05) is 6.92 Å². The second-order valence-corrected chi connectivity index (χ2v) is 4.85. The van der Waals surface area contributed by atoms with Gasteiger partial charge < -0.3 is 5.73 Å². The Hall–Kier alpha value is -2.48. The van der Waals surface area contributed by atoms with Crippen molar-refractivity contribution in [2.45, 2.75) is 25.9 Å². The molecule has 3 N–H and O–H groups in total. The van der Waals surface area contributed by atoms with Crippen molar-refractivity contribution in [2.24, 2.45) is 0 Å². The molecule has 1 unspecified atom stereocenters. The van der Waals surface area contributed by atoms with E-state index in [1.54, 1.807) is 11.0 Å². The number of nitro groups is 1. The molecule has 21 heavy (non-hydrogen) atoms. The van der Waals surface area contributed by atoms with Crippen molar-refractivity contribution in [3.63, 3.8) is 0 Å². The fraction of sp³-hybridized carbons (Fsp3) is 0.385. The van der Waals surface area contributed by atoms with Crippen molar-refractivity contribution >= 4 is 23.2 Å². The lowest BCUT2D eigenvalue weighted by atomic mass is 10.1. The monoisotopic (exact) mass is 292 g/mol. The summed E-state index contributed by atoms with van der Waals surface area (Å²) in [6, 6.07) is 4.08. The smallest absolute Gasteiger partial charge is 0.292 e. The lowest BCUT2D eigenvalue weighted by Gasteiger charge is -2.33. The minimum Gasteiger partial charge on any atom is -0.393 e. The van der Waals surface area contributed by atoms with Gasteiger partial charge in [-0.15, -0.1) is 0 Å². The van der Waals surface area contributed by atoms with Crippen molar-refractivity contribution in [2.75, 3.05) is 12.3 Å². The van der Waals surface area contributed by atoms with E-state index < -0.39 is 11.0 Å². The molecular formula is C13H16N4O4. The van der Waals surface area contributed by atoms with Crippen molar-refractivity contribution < 1.29 is 14.5 Å². The van der Waals surface area contributed by atoms with Crippen LogP contribution in [0.15, 0.2) is 18.2 Å². The molecule has 1 atom stereocenters. The molecule has 0 radical (unpaired) electrons. The van der Waals surface area contributed by atoms with Gasteiger partial charge in [0.1, 0.15) is 5.69 Å². The van der Waals surface area contributed by atoms with Gasteiger partial charge in [-0.2, -0.15) is 0 Å². The third kappa shape index (κ3) is 3.00. The number of nitrogens with two attached hydrogens (primary N) is 1. The zero-order valence-electron chi connectivity index (χ0n) is 11.5. The Labute approximate surface area is 121 Å². The number of nitrogens with zero attached hydrogens (tertiary/aromatic N) is 2. The summed E-state index contributed by atoms with van der Waals surface area (Å²) < 4.78 is 0. The number of nitro benzene ring substituents is 1. The zero-order valence-corrected chi connectivity index (χ0v) is 11.5. The standard InChI is InChI=1S/C13H16N4O4/c1-2-9-13(19)15-11(18)7-16(9)6-8-4-3-5-10(12(8)14)17(20)21/h3-5,9H,2,6-7,14H2,1H3,(H,15,18,19). The molecule has 0 saturated carbocycles.